The molecule has 17 heavy (non-hydrogen) atoms. The number of nitrogens with two attached hydrogens (primary N) is 1. The summed E-state index contributed by atoms with van der Waals surface area (Å²) >= 11 is 5.36. The highest BCUT2D eigenvalue weighted by molar-refractivity contribution is 6.31. The lowest BCUT2D eigenvalue weighted by atomic mass is 10.0. The predicted octanol–water partition coefficient (Wildman–Crippen LogP) is 1.58. The number of methoxy groups -OCH3 is 1. The second-order valence-electron chi connectivity index (χ2n) is 3.33. The number of carbonyl (C=O) groups is 1. The van der Waals surface area contributed by atoms with Crippen LogP contribution in [0.2, 0.25) is 5.02 Å². The van der Waals surface area contributed by atoms with E-state index in [-0.39, 0.29) is 17.7 Å². The Kier molecular flexibility index (Phi) is 4.25. The predicted molar refractivity (Wildman–Crippen MR) is 57.2 cm³/mol. The molecule has 0 amide bonds. The van der Waals surface area contributed by atoms with Gasteiger partial charge in [0.2, 0.25) is 0 Å². The van der Waals surface area contributed by atoms with Gasteiger partial charge in [-0.3, -0.25) is 4.79 Å². The Hall–Kier alpha value is -1.40. The fourth-order valence-corrected chi connectivity index (χ4v) is 1.46. The summed E-state index contributed by atoms with van der Waals surface area (Å²) in [5.74, 6) is -3.63. The summed E-state index contributed by atoms with van der Waals surface area (Å²) in [5.41, 5.74) is 5.29. The molecule has 7 heteroatoms. The van der Waals surface area contributed by atoms with E-state index in [1.54, 1.807) is 0 Å². The van der Waals surface area contributed by atoms with E-state index in [1.165, 1.54) is 7.11 Å². The molecule has 0 radical (unpaired) electrons. The number of rotatable bonds is 4. The summed E-state index contributed by atoms with van der Waals surface area (Å²) in [4.78, 5) is 10.6. The third-order valence-electron chi connectivity index (χ3n) is 2.16. The first-order chi connectivity index (χ1) is 7.88. The summed E-state index contributed by atoms with van der Waals surface area (Å²) in [7, 11) is 1.17. The molecule has 0 aliphatic rings. The Morgan fingerprint density at radius 1 is 1.65 bits per heavy atom. The minimum atomic E-state index is -1.28. The van der Waals surface area contributed by atoms with E-state index in [2.05, 4.69) is 0 Å². The first-order valence-electron chi connectivity index (χ1n) is 4.57. The molecule has 1 aromatic carbocycles. The Bertz CT molecular complexity index is 454. The lowest BCUT2D eigenvalue weighted by molar-refractivity contribution is -0.138. The van der Waals surface area contributed by atoms with E-state index in [1.807, 2.05) is 0 Å². The molecule has 1 rings (SSSR count). The van der Waals surface area contributed by atoms with Crippen molar-refractivity contribution in [3.8, 4) is 5.75 Å². The number of carboxylic acids is 1. The quantitative estimate of drug-likeness (QED) is 0.811. The molecule has 0 aliphatic heterocycles. The van der Waals surface area contributed by atoms with Crippen molar-refractivity contribution >= 4 is 17.6 Å². The average molecular weight is 266 g/mol. The maximum Gasteiger partial charge on any atom is 0.320 e. The van der Waals surface area contributed by atoms with Crippen LogP contribution in [0, 0.1) is 11.6 Å². The van der Waals surface area contributed by atoms with Crippen LogP contribution in [0.1, 0.15) is 5.56 Å². The molecule has 4 nitrogen and oxygen atoms in total. The number of hydrogen-bond acceptors (Lipinski definition) is 3. The minimum absolute atomic E-state index is 0.0156. The summed E-state index contributed by atoms with van der Waals surface area (Å²) < 4.78 is 31.4. The molecule has 0 saturated heterocycles. The molecule has 94 valence electrons. The zero-order chi connectivity index (χ0) is 13.2. The van der Waals surface area contributed by atoms with Crippen molar-refractivity contribution in [3.05, 3.63) is 28.3 Å². The van der Waals surface area contributed by atoms with E-state index >= 15 is 0 Å². The maximum atomic E-state index is 13.5. The van der Waals surface area contributed by atoms with Crippen LogP contribution in [-0.4, -0.2) is 24.2 Å². The molecule has 0 fully saturated rings. The van der Waals surface area contributed by atoms with Gasteiger partial charge in [0.15, 0.2) is 11.6 Å². The van der Waals surface area contributed by atoms with Crippen LogP contribution >= 0.6 is 11.6 Å². The van der Waals surface area contributed by atoms with Crippen molar-refractivity contribution < 1.29 is 23.4 Å². The Balaban J connectivity index is 3.19. The third-order valence-corrected chi connectivity index (χ3v) is 2.50. The van der Waals surface area contributed by atoms with Crippen molar-refractivity contribution in [3.63, 3.8) is 0 Å². The maximum absolute atomic E-state index is 13.5. The van der Waals surface area contributed by atoms with Gasteiger partial charge in [0.25, 0.3) is 0 Å². The van der Waals surface area contributed by atoms with Gasteiger partial charge < -0.3 is 15.6 Å². The van der Waals surface area contributed by atoms with Gasteiger partial charge in [0, 0.05) is 12.0 Å². The number of hydrogen-bond donors (Lipinski definition) is 2. The van der Waals surface area contributed by atoms with Gasteiger partial charge in [-0.1, -0.05) is 11.6 Å². The van der Waals surface area contributed by atoms with Gasteiger partial charge in [-0.15, -0.1) is 0 Å². The molecule has 0 spiro atoms. The van der Waals surface area contributed by atoms with Crippen molar-refractivity contribution in [2.75, 3.05) is 7.11 Å². The van der Waals surface area contributed by atoms with Crippen molar-refractivity contribution in [2.24, 2.45) is 5.73 Å². The zero-order valence-corrected chi connectivity index (χ0v) is 9.59. The van der Waals surface area contributed by atoms with Crippen LogP contribution in [0.15, 0.2) is 6.07 Å². The number of benzene rings is 1. The fraction of sp³-hybridized carbons (Fsp3) is 0.300. The van der Waals surface area contributed by atoms with Crippen LogP contribution in [0.3, 0.4) is 0 Å². The molecule has 0 aliphatic carbocycles. The standard InChI is InChI=1S/C10H10ClF2NO3/c1-17-9-4(3-6(14)10(15)16)2-5(12)7(11)8(9)13/h2,6H,3,14H2,1H3,(H,15,16). The molecule has 0 heterocycles. The monoisotopic (exact) mass is 265 g/mol. The van der Waals surface area contributed by atoms with Crippen molar-refractivity contribution in [1.29, 1.82) is 0 Å². The molecule has 0 aromatic heterocycles. The fourth-order valence-electron chi connectivity index (χ4n) is 1.32. The molecule has 0 bridgehead atoms. The Morgan fingerprint density at radius 3 is 2.71 bits per heavy atom. The Labute approximate surface area is 101 Å². The second-order valence-corrected chi connectivity index (χ2v) is 3.71. The first-order valence-corrected chi connectivity index (χ1v) is 4.95. The SMILES string of the molecule is COc1c(CC(N)C(=O)O)cc(F)c(Cl)c1F. The van der Waals surface area contributed by atoms with Crippen LogP contribution in [0.25, 0.3) is 0 Å². The Morgan fingerprint density at radius 2 is 2.24 bits per heavy atom. The van der Waals surface area contributed by atoms with E-state index in [4.69, 9.17) is 27.2 Å². The van der Waals surface area contributed by atoms with E-state index in [9.17, 15) is 13.6 Å². The highest BCUT2D eigenvalue weighted by atomic mass is 35.5. The third kappa shape index (κ3) is 2.83. The van der Waals surface area contributed by atoms with Gasteiger partial charge in [-0.05, 0) is 6.07 Å². The van der Waals surface area contributed by atoms with Crippen LogP contribution in [-0.2, 0) is 11.2 Å². The molecule has 3 N–H and O–H groups in total. The highest BCUT2D eigenvalue weighted by Gasteiger charge is 2.21. The molecule has 1 atom stereocenters. The summed E-state index contributed by atoms with van der Waals surface area (Å²) in [6.07, 6.45) is -0.260. The van der Waals surface area contributed by atoms with Gasteiger partial charge in [-0.2, -0.15) is 0 Å². The lowest BCUT2D eigenvalue weighted by Crippen LogP contribution is -2.32. The van der Waals surface area contributed by atoms with E-state index in [0.29, 0.717) is 0 Å². The second kappa shape index (κ2) is 5.29. The molecular weight excluding hydrogens is 256 g/mol. The van der Waals surface area contributed by atoms with Crippen LogP contribution in [0.4, 0.5) is 8.78 Å². The van der Waals surface area contributed by atoms with Gasteiger partial charge in [0.1, 0.15) is 16.9 Å². The molecular formula is C10H10ClF2NO3. The average Bonchev–Trinajstić information content (AvgIpc) is 2.26. The highest BCUT2D eigenvalue weighted by Crippen LogP contribution is 2.31. The normalized spacial score (nSPS) is 12.3. The lowest BCUT2D eigenvalue weighted by Gasteiger charge is -2.13. The largest absolute Gasteiger partial charge is 0.493 e. The summed E-state index contributed by atoms with van der Waals surface area (Å²) in [6.45, 7) is 0. The number of carboxylic acid groups (broad SMARTS) is 1. The topological polar surface area (TPSA) is 72.5 Å². The van der Waals surface area contributed by atoms with E-state index in [0.717, 1.165) is 6.07 Å². The van der Waals surface area contributed by atoms with Crippen molar-refractivity contribution in [2.45, 2.75) is 12.5 Å². The van der Waals surface area contributed by atoms with Crippen LogP contribution in [0.5, 0.6) is 5.75 Å². The van der Waals surface area contributed by atoms with E-state index < -0.39 is 28.7 Å². The number of ether oxygens (including phenoxy) is 1. The van der Waals surface area contributed by atoms with Gasteiger partial charge >= 0.3 is 5.97 Å². The number of halogens is 3. The van der Waals surface area contributed by atoms with Gasteiger partial charge in [0.05, 0.1) is 7.11 Å². The summed E-state index contributed by atoms with van der Waals surface area (Å²) in [6, 6.07) is -0.364. The zero-order valence-electron chi connectivity index (χ0n) is 8.84. The molecule has 1 aromatic rings. The van der Waals surface area contributed by atoms with Gasteiger partial charge in [-0.25, -0.2) is 8.78 Å². The number of aliphatic carboxylic acids is 1. The minimum Gasteiger partial charge on any atom is -0.493 e. The van der Waals surface area contributed by atoms with Crippen LogP contribution < -0.4 is 10.5 Å². The molecule has 1 unspecified atom stereocenters. The first kappa shape index (κ1) is 13.7. The molecule has 0 saturated carbocycles. The van der Waals surface area contributed by atoms with Crippen molar-refractivity contribution in [1.82, 2.24) is 0 Å². The smallest absolute Gasteiger partial charge is 0.320 e. The summed E-state index contributed by atoms with van der Waals surface area (Å²) in [5, 5.41) is 7.92.